The molecular formula is C43H52N8O6. The third kappa shape index (κ3) is 7.37. The molecule has 4 heterocycles. The van der Waals surface area contributed by atoms with Crippen molar-refractivity contribution in [2.24, 2.45) is 22.7 Å². The number of H-pyrrole nitrogens is 2. The highest BCUT2D eigenvalue weighted by Crippen LogP contribution is 2.55. The van der Waals surface area contributed by atoms with Crippen LogP contribution in [0.2, 0.25) is 0 Å². The molecule has 14 heteroatoms. The lowest BCUT2D eigenvalue weighted by atomic mass is 9.85. The Morgan fingerprint density at radius 1 is 0.667 bits per heavy atom. The Hall–Kier alpha value is -5.66. The van der Waals surface area contributed by atoms with Gasteiger partial charge in [0, 0.05) is 12.1 Å². The number of fused-ring (bicyclic) bond motifs is 2. The first-order valence-corrected chi connectivity index (χ1v) is 19.8. The number of alkyl carbamates (subject to hydrolysis) is 1. The molecule has 0 unspecified atom stereocenters. The molecule has 4 aromatic rings. The van der Waals surface area contributed by atoms with E-state index in [0.717, 1.165) is 65.1 Å². The lowest BCUT2D eigenvalue weighted by Crippen LogP contribution is -2.55. The number of carbonyl (C=O) groups excluding carboxylic acids is 3. The average Bonchev–Trinajstić information content (AvgIpc) is 3.76. The second-order valence-electron chi connectivity index (χ2n) is 18.3. The number of nitrogens with zero attached hydrogens (tertiary/aromatic N) is 4. The van der Waals surface area contributed by atoms with Gasteiger partial charge in [-0.3, -0.25) is 9.59 Å². The highest BCUT2D eigenvalue weighted by molar-refractivity contribution is 5.88. The topological polar surface area (TPSA) is 186 Å². The Morgan fingerprint density at radius 3 is 1.42 bits per heavy atom. The molecule has 8 atom stereocenters. The van der Waals surface area contributed by atoms with Crippen molar-refractivity contribution in [3.05, 3.63) is 72.6 Å². The van der Waals surface area contributed by atoms with E-state index < -0.39 is 35.1 Å². The fourth-order valence-electron chi connectivity index (χ4n) is 8.92. The average molecular weight is 777 g/mol. The molecule has 2 saturated heterocycles. The summed E-state index contributed by atoms with van der Waals surface area (Å²) in [6.07, 6.45) is 5.31. The highest BCUT2D eigenvalue weighted by Gasteiger charge is 2.58. The van der Waals surface area contributed by atoms with E-state index in [1.165, 1.54) is 7.11 Å². The number of amides is 4. The van der Waals surface area contributed by atoms with E-state index in [4.69, 9.17) is 14.7 Å². The van der Waals surface area contributed by atoms with Crippen LogP contribution in [0.4, 0.5) is 9.59 Å². The van der Waals surface area contributed by atoms with Crippen LogP contribution in [0.15, 0.2) is 60.9 Å². The van der Waals surface area contributed by atoms with Crippen LogP contribution in [-0.2, 0) is 14.3 Å². The van der Waals surface area contributed by atoms with E-state index in [2.05, 4.69) is 57.0 Å². The molecule has 2 aromatic heterocycles. The van der Waals surface area contributed by atoms with E-state index in [9.17, 15) is 24.3 Å². The molecule has 8 rings (SSSR count). The molecule has 300 valence electrons. The summed E-state index contributed by atoms with van der Waals surface area (Å²) in [4.78, 5) is 71.7. The summed E-state index contributed by atoms with van der Waals surface area (Å²) < 4.78 is 4.83. The molecule has 4 amide bonds. The molecule has 2 saturated carbocycles. The molecule has 0 radical (unpaired) electrons. The minimum atomic E-state index is -1.21. The van der Waals surface area contributed by atoms with Crippen LogP contribution in [0.3, 0.4) is 0 Å². The van der Waals surface area contributed by atoms with Gasteiger partial charge >= 0.3 is 12.2 Å². The number of hydrogen-bond acceptors (Lipinski definition) is 7. The van der Waals surface area contributed by atoms with E-state index >= 15 is 0 Å². The van der Waals surface area contributed by atoms with Crippen LogP contribution in [0, 0.1) is 22.7 Å². The van der Waals surface area contributed by atoms with Gasteiger partial charge in [-0.1, -0.05) is 90.1 Å². The van der Waals surface area contributed by atoms with Gasteiger partial charge in [-0.05, 0) is 70.6 Å². The zero-order chi connectivity index (χ0) is 40.6. The number of likely N-dealkylation sites (tertiary alicyclic amines) is 2. The largest absolute Gasteiger partial charge is 0.465 e. The summed E-state index contributed by atoms with van der Waals surface area (Å²) in [7, 11) is 1.30. The molecule has 4 aliphatic rings. The normalized spacial score (nSPS) is 24.6. The first kappa shape index (κ1) is 38.2. The zero-order valence-electron chi connectivity index (χ0n) is 33.5. The number of imidazole rings is 2. The molecule has 2 aromatic carbocycles. The fourth-order valence-corrected chi connectivity index (χ4v) is 8.92. The monoisotopic (exact) mass is 776 g/mol. The van der Waals surface area contributed by atoms with Crippen LogP contribution < -0.4 is 10.6 Å². The third-order valence-electron chi connectivity index (χ3n) is 12.2. The predicted molar refractivity (Wildman–Crippen MR) is 212 cm³/mol. The third-order valence-corrected chi connectivity index (χ3v) is 12.2. The van der Waals surface area contributed by atoms with Crippen molar-refractivity contribution >= 4 is 24.0 Å². The number of nitrogens with one attached hydrogen (secondary N) is 4. The first-order chi connectivity index (χ1) is 27.0. The van der Waals surface area contributed by atoms with E-state index in [1.807, 2.05) is 69.7 Å². The Kier molecular flexibility index (Phi) is 9.43. The minimum Gasteiger partial charge on any atom is -0.465 e. The van der Waals surface area contributed by atoms with Crippen LogP contribution in [0.1, 0.15) is 91.0 Å². The second kappa shape index (κ2) is 14.1. The summed E-state index contributed by atoms with van der Waals surface area (Å²) in [5, 5.41) is 14.7. The van der Waals surface area contributed by atoms with Crippen LogP contribution >= 0.6 is 0 Å². The summed E-state index contributed by atoms with van der Waals surface area (Å²) in [5.74, 6) is 1.97. The zero-order valence-corrected chi connectivity index (χ0v) is 33.5. The molecule has 2 aliphatic heterocycles. The Morgan fingerprint density at radius 2 is 1.05 bits per heavy atom. The number of carboxylic acid groups (broad SMARTS) is 1. The highest BCUT2D eigenvalue weighted by atomic mass is 16.5. The van der Waals surface area contributed by atoms with Crippen molar-refractivity contribution in [3.63, 3.8) is 0 Å². The summed E-state index contributed by atoms with van der Waals surface area (Å²) in [6, 6.07) is 14.7. The lowest BCUT2D eigenvalue weighted by Gasteiger charge is -2.36. The Balaban J connectivity index is 0.940. The number of ether oxygens (including phenoxy) is 1. The van der Waals surface area contributed by atoms with Crippen molar-refractivity contribution in [3.8, 4) is 33.6 Å². The van der Waals surface area contributed by atoms with E-state index in [0.29, 0.717) is 17.7 Å². The molecule has 4 fully saturated rings. The standard InChI is InChI=1S/C43H52N8O6/c1-42(2,3)34(48-40(54)55)38(52)50-30-16-26(30)18-32(50)36-44-20-28(46-36)24-12-8-22(9-13-24)23-10-14-25(15-11-23)29-21-45-37(47-29)33-19-27-17-31(27)51(33)39(53)35(43(4,5)6)49-41(56)57-7/h8-15,20-21,26-27,30-35,48H,16-19H2,1-7H3,(H,44,46)(H,45,47)(H,49,56)(H,54,55)/t26-,27-,30-,31-,32-,33-,34+,35+/m0/s1. The summed E-state index contributed by atoms with van der Waals surface area (Å²) in [6.45, 7) is 11.4. The van der Waals surface area contributed by atoms with Crippen molar-refractivity contribution in [2.75, 3.05) is 7.11 Å². The second-order valence-corrected chi connectivity index (χ2v) is 18.3. The number of aromatic nitrogens is 4. The number of piperidine rings is 2. The maximum Gasteiger partial charge on any atom is 0.407 e. The Bertz CT molecular complexity index is 2180. The predicted octanol–water partition coefficient (Wildman–Crippen LogP) is 6.91. The molecule has 0 spiro atoms. The van der Waals surface area contributed by atoms with Gasteiger partial charge in [-0.15, -0.1) is 0 Å². The number of methoxy groups -OCH3 is 1. The van der Waals surface area contributed by atoms with Gasteiger partial charge in [0.15, 0.2) is 0 Å². The van der Waals surface area contributed by atoms with Crippen molar-refractivity contribution < 1.29 is 29.0 Å². The quantitative estimate of drug-likeness (QED) is 0.121. The van der Waals surface area contributed by atoms with Gasteiger partial charge in [0.1, 0.15) is 23.7 Å². The molecule has 14 nitrogen and oxygen atoms in total. The maximum absolute atomic E-state index is 14.0. The maximum atomic E-state index is 14.0. The number of benzene rings is 2. The van der Waals surface area contributed by atoms with Crippen molar-refractivity contribution in [2.45, 2.75) is 103 Å². The number of carbonyl (C=O) groups is 4. The van der Waals surface area contributed by atoms with Gasteiger partial charge in [0.25, 0.3) is 0 Å². The molecule has 5 N–H and O–H groups in total. The number of aromatic amines is 2. The molecule has 0 bridgehead atoms. The van der Waals surface area contributed by atoms with E-state index in [-0.39, 0.29) is 36.0 Å². The van der Waals surface area contributed by atoms with Gasteiger partial charge < -0.3 is 40.2 Å². The fraction of sp³-hybridized carbons (Fsp3) is 0.488. The molecule has 57 heavy (non-hydrogen) atoms. The smallest absolute Gasteiger partial charge is 0.407 e. The van der Waals surface area contributed by atoms with Gasteiger partial charge in [-0.2, -0.15) is 0 Å². The Labute approximate surface area is 332 Å². The number of rotatable bonds is 9. The minimum absolute atomic E-state index is 0.112. The van der Waals surface area contributed by atoms with Crippen LogP contribution in [-0.4, -0.2) is 90.1 Å². The number of hydrogen-bond donors (Lipinski definition) is 5. The lowest BCUT2D eigenvalue weighted by molar-refractivity contribution is -0.139. The molecular weight excluding hydrogens is 725 g/mol. The van der Waals surface area contributed by atoms with Gasteiger partial charge in [0.05, 0.1) is 43.0 Å². The van der Waals surface area contributed by atoms with E-state index in [1.54, 1.807) is 6.20 Å². The van der Waals surface area contributed by atoms with Crippen LogP contribution in [0.25, 0.3) is 33.6 Å². The first-order valence-electron chi connectivity index (χ1n) is 19.8. The molecule has 2 aliphatic carbocycles. The summed E-state index contributed by atoms with van der Waals surface area (Å²) >= 11 is 0. The van der Waals surface area contributed by atoms with Crippen LogP contribution in [0.5, 0.6) is 0 Å². The van der Waals surface area contributed by atoms with Crippen molar-refractivity contribution in [1.29, 1.82) is 0 Å². The van der Waals surface area contributed by atoms with Crippen molar-refractivity contribution in [1.82, 2.24) is 40.4 Å². The van der Waals surface area contributed by atoms with Gasteiger partial charge in [-0.25, -0.2) is 19.6 Å². The van der Waals surface area contributed by atoms with Gasteiger partial charge in [0.2, 0.25) is 11.8 Å². The summed E-state index contributed by atoms with van der Waals surface area (Å²) in [5.41, 5.74) is 4.66. The SMILES string of the molecule is COC(=O)N[C@H](C(=O)N1[C@H](c2ncc(-c3ccc(-c4ccc(-c5cnc([C@@H]6C[C@@H]7C[C@@H]7N6C(=O)[C@@H](NC(=O)O)C(C)(C)C)[nH]5)cc4)cc3)[nH]2)C[C@@H]2C[C@@H]21)C(C)(C)C.